The van der Waals surface area contributed by atoms with Crippen molar-refractivity contribution < 1.29 is 9.90 Å². The second-order valence-corrected chi connectivity index (χ2v) is 4.81. The Morgan fingerprint density at radius 1 is 1.47 bits per heavy atom. The highest BCUT2D eigenvalue weighted by molar-refractivity contribution is 7.16. The number of aliphatic carboxylic acids is 1. The van der Waals surface area contributed by atoms with Crippen LogP contribution >= 0.6 is 11.3 Å². The van der Waals surface area contributed by atoms with E-state index in [2.05, 4.69) is 6.92 Å². The van der Waals surface area contributed by atoms with E-state index < -0.39 is 5.97 Å². The summed E-state index contributed by atoms with van der Waals surface area (Å²) in [7, 11) is 0. The predicted octanol–water partition coefficient (Wildman–Crippen LogP) is 2.10. The lowest BCUT2D eigenvalue weighted by Gasteiger charge is -2.01. The van der Waals surface area contributed by atoms with Crippen molar-refractivity contribution >= 4 is 27.5 Å². The number of aromatic nitrogens is 1. The molecule has 1 aromatic carbocycles. The van der Waals surface area contributed by atoms with Gasteiger partial charge in [-0.25, -0.2) is 0 Å². The molecule has 0 aliphatic carbocycles. The van der Waals surface area contributed by atoms with Gasteiger partial charge in [-0.05, 0) is 24.1 Å². The number of carbonyl (C=O) groups is 1. The number of carboxylic acid groups (broad SMARTS) is 1. The van der Waals surface area contributed by atoms with Gasteiger partial charge in [-0.15, -0.1) is 0 Å². The molecular formula is C12H13NO3S. The summed E-state index contributed by atoms with van der Waals surface area (Å²) < 4.78 is 2.47. The molecule has 0 spiro atoms. The van der Waals surface area contributed by atoms with E-state index in [0.29, 0.717) is 0 Å². The zero-order chi connectivity index (χ0) is 12.4. The van der Waals surface area contributed by atoms with E-state index in [4.69, 9.17) is 5.11 Å². The van der Waals surface area contributed by atoms with Crippen molar-refractivity contribution in [3.05, 3.63) is 33.4 Å². The lowest BCUT2D eigenvalue weighted by Crippen LogP contribution is -2.15. The molecule has 5 heteroatoms. The Morgan fingerprint density at radius 3 is 2.88 bits per heavy atom. The molecule has 90 valence electrons. The molecule has 0 saturated carbocycles. The number of hydrogen-bond acceptors (Lipinski definition) is 3. The molecule has 0 unspecified atom stereocenters. The van der Waals surface area contributed by atoms with Crippen molar-refractivity contribution in [3.63, 3.8) is 0 Å². The summed E-state index contributed by atoms with van der Waals surface area (Å²) in [5, 5.41) is 8.65. The summed E-state index contributed by atoms with van der Waals surface area (Å²) >= 11 is 1.17. The van der Waals surface area contributed by atoms with Gasteiger partial charge >= 0.3 is 10.8 Å². The van der Waals surface area contributed by atoms with Crippen molar-refractivity contribution in [2.24, 2.45) is 0 Å². The number of rotatable bonds is 4. The minimum absolute atomic E-state index is 0.0265. The standard InChI is InChI=1S/C12H13NO3S/c1-2-8-3-4-9-10(7-8)17-12(16)13(9)6-5-11(14)15/h3-4,7H,2,5-6H2,1H3,(H,14,15). The van der Waals surface area contributed by atoms with Crippen LogP contribution in [-0.2, 0) is 17.8 Å². The maximum atomic E-state index is 11.7. The second kappa shape index (κ2) is 4.71. The van der Waals surface area contributed by atoms with E-state index >= 15 is 0 Å². The van der Waals surface area contributed by atoms with Crippen LogP contribution in [0.1, 0.15) is 18.9 Å². The van der Waals surface area contributed by atoms with E-state index in [1.54, 1.807) is 0 Å². The Kier molecular flexibility index (Phi) is 3.28. The molecule has 0 radical (unpaired) electrons. The second-order valence-electron chi connectivity index (χ2n) is 3.82. The molecule has 1 N–H and O–H groups in total. The molecule has 17 heavy (non-hydrogen) atoms. The van der Waals surface area contributed by atoms with Crippen LogP contribution in [0.3, 0.4) is 0 Å². The number of fused-ring (bicyclic) bond motifs is 1. The van der Waals surface area contributed by atoms with Crippen LogP contribution in [0.25, 0.3) is 10.2 Å². The lowest BCUT2D eigenvalue weighted by molar-refractivity contribution is -0.137. The monoisotopic (exact) mass is 251 g/mol. The van der Waals surface area contributed by atoms with Gasteiger partial charge in [0.1, 0.15) is 0 Å². The average molecular weight is 251 g/mol. The predicted molar refractivity (Wildman–Crippen MR) is 67.7 cm³/mol. The third kappa shape index (κ3) is 2.39. The third-order valence-electron chi connectivity index (χ3n) is 2.69. The summed E-state index contributed by atoms with van der Waals surface area (Å²) in [6.07, 6.45) is 0.901. The Morgan fingerprint density at radius 2 is 2.24 bits per heavy atom. The summed E-state index contributed by atoms with van der Waals surface area (Å²) in [5.74, 6) is -0.888. The van der Waals surface area contributed by atoms with Crippen LogP contribution in [0.2, 0.25) is 0 Å². The molecule has 0 fully saturated rings. The van der Waals surface area contributed by atoms with Gasteiger partial charge in [-0.3, -0.25) is 14.2 Å². The number of nitrogens with zero attached hydrogens (tertiary/aromatic N) is 1. The zero-order valence-corrected chi connectivity index (χ0v) is 10.3. The molecule has 0 saturated heterocycles. The zero-order valence-electron chi connectivity index (χ0n) is 9.47. The van der Waals surface area contributed by atoms with E-state index in [-0.39, 0.29) is 17.8 Å². The van der Waals surface area contributed by atoms with Gasteiger partial charge in [0.25, 0.3) is 0 Å². The third-order valence-corrected chi connectivity index (χ3v) is 3.63. The van der Waals surface area contributed by atoms with Crippen molar-refractivity contribution in [2.75, 3.05) is 0 Å². The van der Waals surface area contributed by atoms with E-state index in [1.807, 2.05) is 18.2 Å². The first kappa shape index (κ1) is 11.9. The molecule has 1 aromatic heterocycles. The molecule has 0 bridgehead atoms. The molecular weight excluding hydrogens is 238 g/mol. The minimum Gasteiger partial charge on any atom is -0.481 e. The summed E-state index contributed by atoms with van der Waals surface area (Å²) in [4.78, 5) is 22.2. The summed E-state index contributed by atoms with van der Waals surface area (Å²) in [6.45, 7) is 2.30. The molecule has 1 heterocycles. The normalized spacial score (nSPS) is 10.9. The first-order chi connectivity index (χ1) is 8.11. The molecule has 0 amide bonds. The van der Waals surface area contributed by atoms with Crippen molar-refractivity contribution in [3.8, 4) is 0 Å². The SMILES string of the molecule is CCc1ccc2c(c1)sc(=O)n2CCC(=O)O. The topological polar surface area (TPSA) is 59.3 Å². The molecule has 2 aromatic rings. The van der Waals surface area contributed by atoms with E-state index in [9.17, 15) is 9.59 Å². The van der Waals surface area contributed by atoms with Crippen molar-refractivity contribution in [1.29, 1.82) is 0 Å². The summed E-state index contributed by atoms with van der Waals surface area (Å²) in [6, 6.07) is 5.87. The average Bonchev–Trinajstić information content (AvgIpc) is 2.60. The van der Waals surface area contributed by atoms with Crippen LogP contribution in [-0.4, -0.2) is 15.6 Å². The van der Waals surface area contributed by atoms with Crippen LogP contribution < -0.4 is 4.87 Å². The van der Waals surface area contributed by atoms with Crippen LogP contribution in [0.5, 0.6) is 0 Å². The summed E-state index contributed by atoms with van der Waals surface area (Å²) in [5.41, 5.74) is 2.02. The Balaban J connectivity index is 2.45. The van der Waals surface area contributed by atoms with Crippen LogP contribution in [0, 0.1) is 0 Å². The molecule has 4 nitrogen and oxygen atoms in total. The van der Waals surface area contributed by atoms with Gasteiger partial charge < -0.3 is 5.11 Å². The lowest BCUT2D eigenvalue weighted by atomic mass is 10.2. The van der Waals surface area contributed by atoms with Gasteiger partial charge in [0.15, 0.2) is 0 Å². The number of carboxylic acids is 1. The number of aryl methyl sites for hydroxylation is 2. The van der Waals surface area contributed by atoms with E-state index in [1.165, 1.54) is 21.5 Å². The highest BCUT2D eigenvalue weighted by Crippen LogP contribution is 2.19. The number of thiazole rings is 1. The maximum absolute atomic E-state index is 11.7. The van der Waals surface area contributed by atoms with Crippen LogP contribution in [0.15, 0.2) is 23.0 Å². The van der Waals surface area contributed by atoms with Crippen molar-refractivity contribution in [2.45, 2.75) is 26.3 Å². The van der Waals surface area contributed by atoms with Gasteiger partial charge in [-0.1, -0.05) is 24.3 Å². The Hall–Kier alpha value is -1.62. The fourth-order valence-corrected chi connectivity index (χ4v) is 2.73. The molecule has 0 aliphatic heterocycles. The smallest absolute Gasteiger partial charge is 0.308 e. The Bertz CT molecular complexity index is 612. The highest BCUT2D eigenvalue weighted by Gasteiger charge is 2.09. The van der Waals surface area contributed by atoms with E-state index in [0.717, 1.165) is 16.6 Å². The highest BCUT2D eigenvalue weighted by atomic mass is 32.1. The Labute approximate surface area is 102 Å². The first-order valence-corrected chi connectivity index (χ1v) is 6.27. The van der Waals surface area contributed by atoms with Gasteiger partial charge in [0.2, 0.25) is 0 Å². The molecule has 0 atom stereocenters. The first-order valence-electron chi connectivity index (χ1n) is 5.46. The fourth-order valence-electron chi connectivity index (χ4n) is 1.75. The molecule has 2 rings (SSSR count). The van der Waals surface area contributed by atoms with Crippen molar-refractivity contribution in [1.82, 2.24) is 4.57 Å². The van der Waals surface area contributed by atoms with Crippen LogP contribution in [0.4, 0.5) is 0 Å². The molecule has 0 aliphatic rings. The largest absolute Gasteiger partial charge is 0.481 e. The van der Waals surface area contributed by atoms with Gasteiger partial charge in [-0.2, -0.15) is 0 Å². The quantitative estimate of drug-likeness (QED) is 0.905. The number of hydrogen-bond donors (Lipinski definition) is 1. The maximum Gasteiger partial charge on any atom is 0.308 e. The minimum atomic E-state index is -0.888. The fraction of sp³-hybridized carbons (Fsp3) is 0.333. The van der Waals surface area contributed by atoms with Gasteiger partial charge in [0, 0.05) is 6.54 Å². The van der Waals surface area contributed by atoms with Gasteiger partial charge in [0.05, 0.1) is 16.6 Å². The number of benzene rings is 1.